The van der Waals surface area contributed by atoms with Gasteiger partial charge in [0.2, 0.25) is 0 Å². The van der Waals surface area contributed by atoms with Crippen molar-refractivity contribution in [2.45, 2.75) is 18.3 Å². The van der Waals surface area contributed by atoms with Crippen molar-refractivity contribution in [3.05, 3.63) is 78.7 Å². The van der Waals surface area contributed by atoms with Crippen LogP contribution in [0.15, 0.2) is 72.9 Å². The van der Waals surface area contributed by atoms with Crippen molar-refractivity contribution >= 4 is 5.97 Å². The van der Waals surface area contributed by atoms with Crippen LogP contribution in [0.4, 0.5) is 4.39 Å². The third-order valence-corrected chi connectivity index (χ3v) is 3.33. The molecule has 0 saturated carbocycles. The molecule has 0 amide bonds. The molecular weight excluding hydrogens is 406 g/mol. The van der Waals surface area contributed by atoms with Gasteiger partial charge in [-0.2, -0.15) is 0 Å². The molecule has 0 spiro atoms. The van der Waals surface area contributed by atoms with E-state index in [-0.39, 0.29) is 48.6 Å². The second kappa shape index (κ2) is 17.0. The van der Waals surface area contributed by atoms with Gasteiger partial charge in [-0.05, 0) is 24.3 Å². The molecule has 0 saturated heterocycles. The fraction of sp³-hybridized carbons (Fsp3) is 0.286. The molecule has 1 rings (SSSR count). The molecule has 0 aliphatic carbocycles. The predicted octanol–water partition coefficient (Wildman–Crippen LogP) is -2.72. The van der Waals surface area contributed by atoms with Crippen LogP contribution in [0.1, 0.15) is 0 Å². The Bertz CT molecular complexity index is 717. The zero-order valence-electron chi connectivity index (χ0n) is 16.6. The summed E-state index contributed by atoms with van der Waals surface area (Å²) in [6.45, 7) is -0.957. The van der Waals surface area contributed by atoms with Crippen LogP contribution in [0.5, 0.6) is 5.75 Å². The molecule has 3 atom stereocenters. The van der Waals surface area contributed by atoms with E-state index >= 15 is 0 Å². The summed E-state index contributed by atoms with van der Waals surface area (Å²) in [5.74, 6) is -1.31. The maximum absolute atomic E-state index is 12.8. The second-order valence-electron chi connectivity index (χ2n) is 5.82. The standard InChI is InChI=1S/C21H25FO7.Na/c22-16-9-11-18(12-10-16)29-13-17(23)7-5-3-1-2-4-6-8-19(24)20(25)14-28-15-21(26)27;/h1-12,17,19-20,23-25H,13-15H2,(H,26,27);/q;+1/p-1/b3-1-,4-2+,7-5+,8-6+;/t17-,19+,20-;/m0./s1. The van der Waals surface area contributed by atoms with Gasteiger partial charge in [0, 0.05) is 0 Å². The number of carboxylic acid groups (broad SMARTS) is 1. The van der Waals surface area contributed by atoms with Gasteiger partial charge in [-0.1, -0.05) is 48.6 Å². The topological polar surface area (TPSA) is 119 Å². The summed E-state index contributed by atoms with van der Waals surface area (Å²) < 4.78 is 22.7. The van der Waals surface area contributed by atoms with Gasteiger partial charge in [0.15, 0.2) is 0 Å². The number of ether oxygens (including phenoxy) is 2. The Morgan fingerprint density at radius 3 is 2.13 bits per heavy atom. The molecular formula is C21H24FNaO7. The number of carbonyl (C=O) groups is 1. The average molecular weight is 430 g/mol. The van der Waals surface area contributed by atoms with Crippen LogP contribution in [0.2, 0.25) is 0 Å². The van der Waals surface area contributed by atoms with Gasteiger partial charge >= 0.3 is 29.6 Å². The van der Waals surface area contributed by atoms with E-state index in [1.165, 1.54) is 42.5 Å². The van der Waals surface area contributed by atoms with Crippen LogP contribution in [-0.2, 0) is 9.53 Å². The van der Waals surface area contributed by atoms with Crippen LogP contribution in [-0.4, -0.2) is 59.4 Å². The Kier molecular flexibility index (Phi) is 16.0. The molecule has 0 aromatic heterocycles. The number of aliphatic carboxylic acids is 1. The zero-order chi connectivity index (χ0) is 21.5. The number of aliphatic hydroxyl groups excluding tert-OH is 3. The van der Waals surface area contributed by atoms with Crippen LogP contribution in [0.3, 0.4) is 0 Å². The second-order valence-corrected chi connectivity index (χ2v) is 5.82. The van der Waals surface area contributed by atoms with Gasteiger partial charge in [-0.15, -0.1) is 0 Å². The van der Waals surface area contributed by atoms with Gasteiger partial charge in [-0.3, -0.25) is 0 Å². The summed E-state index contributed by atoms with van der Waals surface area (Å²) in [5, 5.41) is 39.1. The van der Waals surface area contributed by atoms with Crippen LogP contribution in [0, 0.1) is 5.82 Å². The monoisotopic (exact) mass is 430 g/mol. The fourth-order valence-electron chi connectivity index (χ4n) is 1.88. The van der Waals surface area contributed by atoms with Crippen molar-refractivity contribution in [1.82, 2.24) is 0 Å². The Balaban J connectivity index is 0.00000841. The van der Waals surface area contributed by atoms with Crippen molar-refractivity contribution in [2.75, 3.05) is 19.8 Å². The number of allylic oxidation sites excluding steroid dienone is 6. The van der Waals surface area contributed by atoms with E-state index in [2.05, 4.69) is 4.74 Å². The molecule has 3 N–H and O–H groups in total. The van der Waals surface area contributed by atoms with E-state index in [0.717, 1.165) is 0 Å². The average Bonchev–Trinajstić information content (AvgIpc) is 2.69. The third kappa shape index (κ3) is 14.2. The number of hydrogen-bond acceptors (Lipinski definition) is 7. The quantitative estimate of drug-likeness (QED) is 0.230. The van der Waals surface area contributed by atoms with Crippen molar-refractivity contribution in [3.8, 4) is 5.75 Å². The predicted molar refractivity (Wildman–Crippen MR) is 102 cm³/mol. The summed E-state index contributed by atoms with van der Waals surface area (Å²) in [6.07, 6.45) is 9.31. The number of carbonyl (C=O) groups excluding carboxylic acids is 1. The number of carboxylic acids is 1. The minimum Gasteiger partial charge on any atom is -0.548 e. The summed E-state index contributed by atoms with van der Waals surface area (Å²) in [5.41, 5.74) is 0. The Morgan fingerprint density at radius 2 is 1.53 bits per heavy atom. The van der Waals surface area contributed by atoms with Gasteiger partial charge in [0.1, 0.15) is 36.5 Å². The van der Waals surface area contributed by atoms with Crippen molar-refractivity contribution in [1.29, 1.82) is 0 Å². The van der Waals surface area contributed by atoms with E-state index < -0.39 is 30.9 Å². The number of halogens is 1. The summed E-state index contributed by atoms with van der Waals surface area (Å²) in [4.78, 5) is 10.2. The first-order valence-electron chi connectivity index (χ1n) is 8.77. The first-order chi connectivity index (χ1) is 13.9. The zero-order valence-corrected chi connectivity index (χ0v) is 18.6. The molecule has 0 fully saturated rings. The number of aliphatic hydroxyl groups is 3. The van der Waals surface area contributed by atoms with E-state index in [1.807, 2.05) is 0 Å². The Morgan fingerprint density at radius 1 is 0.967 bits per heavy atom. The first-order valence-corrected chi connectivity index (χ1v) is 8.77. The first kappa shape index (κ1) is 28.2. The summed E-state index contributed by atoms with van der Waals surface area (Å²) in [6, 6.07) is 5.48. The third-order valence-electron chi connectivity index (χ3n) is 3.33. The molecule has 9 heteroatoms. The fourth-order valence-corrected chi connectivity index (χ4v) is 1.88. The molecule has 1 aromatic rings. The number of benzene rings is 1. The van der Waals surface area contributed by atoms with E-state index in [4.69, 9.17) is 4.74 Å². The van der Waals surface area contributed by atoms with Crippen LogP contribution < -0.4 is 39.4 Å². The van der Waals surface area contributed by atoms with Gasteiger partial charge in [-0.25, -0.2) is 4.39 Å². The molecule has 0 aliphatic heterocycles. The molecule has 0 aliphatic rings. The van der Waals surface area contributed by atoms with Gasteiger partial charge < -0.3 is 34.7 Å². The minimum atomic E-state index is -1.40. The molecule has 1 aromatic carbocycles. The van der Waals surface area contributed by atoms with Crippen molar-refractivity contribution in [2.24, 2.45) is 0 Å². The smallest absolute Gasteiger partial charge is 0.548 e. The van der Waals surface area contributed by atoms with Gasteiger partial charge in [0.25, 0.3) is 0 Å². The van der Waals surface area contributed by atoms with Crippen molar-refractivity contribution < 1.29 is 68.6 Å². The molecule has 0 heterocycles. The largest absolute Gasteiger partial charge is 1.00 e. The summed E-state index contributed by atoms with van der Waals surface area (Å²) in [7, 11) is 0. The van der Waals surface area contributed by atoms with E-state index in [0.29, 0.717) is 5.75 Å². The number of hydrogen-bond donors (Lipinski definition) is 3. The van der Waals surface area contributed by atoms with Gasteiger partial charge in [0.05, 0.1) is 19.2 Å². The maximum atomic E-state index is 12.8. The normalized spacial score (nSPS) is 14.9. The van der Waals surface area contributed by atoms with Crippen molar-refractivity contribution in [3.63, 3.8) is 0 Å². The maximum Gasteiger partial charge on any atom is 1.00 e. The molecule has 30 heavy (non-hydrogen) atoms. The molecule has 0 bridgehead atoms. The SMILES string of the molecule is O=C([O-])COC[C@H](O)[C@H](O)/C=C/C=C/C=C\C=C\[C@H](O)COc1ccc(F)cc1.[Na+]. The van der Waals surface area contributed by atoms with E-state index in [9.17, 15) is 29.6 Å². The number of rotatable bonds is 13. The molecule has 0 unspecified atom stereocenters. The Labute approximate surface area is 196 Å². The Hall–Kier alpha value is -1.78. The summed E-state index contributed by atoms with van der Waals surface area (Å²) >= 11 is 0. The van der Waals surface area contributed by atoms with E-state index in [1.54, 1.807) is 30.4 Å². The molecule has 158 valence electrons. The minimum absolute atomic E-state index is 0. The van der Waals surface area contributed by atoms with Crippen LogP contribution >= 0.6 is 0 Å². The van der Waals surface area contributed by atoms with Crippen LogP contribution in [0.25, 0.3) is 0 Å². The molecule has 0 radical (unpaired) electrons. The molecule has 7 nitrogen and oxygen atoms in total.